The topological polar surface area (TPSA) is 71.1 Å². The van der Waals surface area contributed by atoms with Crippen molar-refractivity contribution in [1.29, 1.82) is 0 Å². The molecule has 0 aromatic heterocycles. The molecule has 6 nitrogen and oxygen atoms in total. The summed E-state index contributed by atoms with van der Waals surface area (Å²) in [5.41, 5.74) is 0. The Morgan fingerprint density at radius 1 is 0.704 bits per heavy atom. The second-order valence-electron chi connectivity index (χ2n) is 5.94. The summed E-state index contributed by atoms with van der Waals surface area (Å²) in [6.45, 7) is 9.94. The van der Waals surface area contributed by atoms with E-state index in [-0.39, 0.29) is 31.5 Å². The van der Waals surface area contributed by atoms with E-state index in [1.54, 1.807) is 31.2 Å². The van der Waals surface area contributed by atoms with Gasteiger partial charge in [0.05, 0.1) is 25.4 Å². The number of carbonyl (C=O) groups excluding carboxylic acids is 2. The SMILES string of the molecule is C/C=C/C=C/C(=O)OCC(C)OCC(C)OCC(C)OC(=O)/C=C/C=C/C. The average molecular weight is 380 g/mol. The van der Waals surface area contributed by atoms with Crippen molar-refractivity contribution in [3.8, 4) is 0 Å². The molecule has 0 amide bonds. The van der Waals surface area contributed by atoms with E-state index in [4.69, 9.17) is 18.9 Å². The Hall–Kier alpha value is -2.18. The van der Waals surface area contributed by atoms with Crippen molar-refractivity contribution in [3.05, 3.63) is 48.6 Å². The van der Waals surface area contributed by atoms with Crippen molar-refractivity contribution < 1.29 is 28.5 Å². The fraction of sp³-hybridized carbons (Fsp3) is 0.524. The first-order chi connectivity index (χ1) is 12.9. The highest BCUT2D eigenvalue weighted by Gasteiger charge is 2.12. The van der Waals surface area contributed by atoms with Crippen LogP contribution in [0.25, 0.3) is 0 Å². The van der Waals surface area contributed by atoms with Crippen LogP contribution in [-0.2, 0) is 28.5 Å². The van der Waals surface area contributed by atoms with E-state index >= 15 is 0 Å². The fourth-order valence-electron chi connectivity index (χ4n) is 1.71. The molecule has 0 saturated heterocycles. The van der Waals surface area contributed by atoms with Gasteiger partial charge in [-0.2, -0.15) is 0 Å². The lowest BCUT2D eigenvalue weighted by Gasteiger charge is -2.19. The lowest BCUT2D eigenvalue weighted by atomic mass is 10.3. The summed E-state index contributed by atoms with van der Waals surface area (Å²) in [5, 5.41) is 0. The van der Waals surface area contributed by atoms with Crippen LogP contribution in [0.5, 0.6) is 0 Å². The van der Waals surface area contributed by atoms with Crippen molar-refractivity contribution in [3.63, 3.8) is 0 Å². The highest BCUT2D eigenvalue weighted by atomic mass is 16.6. The number of allylic oxidation sites excluding steroid dienone is 6. The lowest BCUT2D eigenvalue weighted by Crippen LogP contribution is -2.27. The van der Waals surface area contributed by atoms with Gasteiger partial charge in [-0.25, -0.2) is 9.59 Å². The van der Waals surface area contributed by atoms with Gasteiger partial charge in [-0.3, -0.25) is 0 Å². The highest BCUT2D eigenvalue weighted by Crippen LogP contribution is 2.01. The zero-order valence-electron chi connectivity index (χ0n) is 16.9. The minimum atomic E-state index is -0.410. The zero-order valence-corrected chi connectivity index (χ0v) is 16.9. The van der Waals surface area contributed by atoms with Crippen LogP contribution in [0.2, 0.25) is 0 Å². The summed E-state index contributed by atoms with van der Waals surface area (Å²) in [4.78, 5) is 23.0. The second-order valence-corrected chi connectivity index (χ2v) is 5.94. The van der Waals surface area contributed by atoms with Gasteiger partial charge in [0.1, 0.15) is 12.7 Å². The smallest absolute Gasteiger partial charge is 0.331 e. The third kappa shape index (κ3) is 15.8. The van der Waals surface area contributed by atoms with Gasteiger partial charge in [0.15, 0.2) is 0 Å². The zero-order chi connectivity index (χ0) is 20.5. The second kappa shape index (κ2) is 16.0. The summed E-state index contributed by atoms with van der Waals surface area (Å²) in [6.07, 6.45) is 12.3. The molecule has 0 aliphatic heterocycles. The summed E-state index contributed by atoms with van der Waals surface area (Å²) in [6, 6.07) is 0. The molecule has 0 aromatic rings. The number of hydrogen-bond donors (Lipinski definition) is 0. The molecule has 0 aliphatic rings. The molecule has 0 aliphatic carbocycles. The Morgan fingerprint density at radius 2 is 1.19 bits per heavy atom. The van der Waals surface area contributed by atoms with Crippen LogP contribution >= 0.6 is 0 Å². The fourth-order valence-corrected chi connectivity index (χ4v) is 1.71. The van der Waals surface area contributed by atoms with E-state index in [0.717, 1.165) is 0 Å². The quantitative estimate of drug-likeness (QED) is 0.276. The van der Waals surface area contributed by atoms with Crippen molar-refractivity contribution in [1.82, 2.24) is 0 Å². The molecule has 0 fully saturated rings. The first-order valence-corrected chi connectivity index (χ1v) is 9.08. The van der Waals surface area contributed by atoms with E-state index in [0.29, 0.717) is 6.61 Å². The van der Waals surface area contributed by atoms with Gasteiger partial charge in [-0.1, -0.05) is 36.5 Å². The molecular formula is C21H32O6. The van der Waals surface area contributed by atoms with Gasteiger partial charge in [0.2, 0.25) is 0 Å². The lowest BCUT2D eigenvalue weighted by molar-refractivity contribution is -0.148. The Morgan fingerprint density at radius 3 is 1.74 bits per heavy atom. The molecule has 0 aromatic carbocycles. The Labute approximate surface area is 162 Å². The van der Waals surface area contributed by atoms with Crippen molar-refractivity contribution in [2.24, 2.45) is 0 Å². The van der Waals surface area contributed by atoms with E-state index < -0.39 is 11.9 Å². The monoisotopic (exact) mass is 380 g/mol. The minimum Gasteiger partial charge on any atom is -0.460 e. The summed E-state index contributed by atoms with van der Waals surface area (Å²) in [5.74, 6) is -0.820. The molecule has 3 atom stereocenters. The Balaban J connectivity index is 3.93. The van der Waals surface area contributed by atoms with Gasteiger partial charge in [0, 0.05) is 12.2 Å². The molecule has 0 saturated carbocycles. The standard InChI is InChI=1S/C21H32O6/c1-6-8-10-12-20(22)26-15-18(4)24-14-17(3)25-16-19(5)27-21(23)13-11-9-7-2/h6-13,17-19H,14-16H2,1-5H3/b8-6+,9-7+,12-10+,13-11+. The molecule has 0 radical (unpaired) electrons. The van der Waals surface area contributed by atoms with Gasteiger partial charge in [-0.15, -0.1) is 0 Å². The normalized spacial score (nSPS) is 15.6. The molecule has 0 bridgehead atoms. The Bertz CT molecular complexity index is 533. The average Bonchev–Trinajstić information content (AvgIpc) is 2.63. The van der Waals surface area contributed by atoms with Gasteiger partial charge in [0.25, 0.3) is 0 Å². The van der Waals surface area contributed by atoms with E-state index in [9.17, 15) is 9.59 Å². The number of ether oxygens (including phenoxy) is 4. The van der Waals surface area contributed by atoms with Gasteiger partial charge < -0.3 is 18.9 Å². The number of carbonyl (C=O) groups is 2. The summed E-state index contributed by atoms with van der Waals surface area (Å²) >= 11 is 0. The van der Waals surface area contributed by atoms with Crippen LogP contribution in [0.4, 0.5) is 0 Å². The van der Waals surface area contributed by atoms with Crippen LogP contribution in [0.1, 0.15) is 34.6 Å². The predicted molar refractivity (Wildman–Crippen MR) is 105 cm³/mol. The molecule has 0 rings (SSSR count). The highest BCUT2D eigenvalue weighted by molar-refractivity contribution is 5.82. The molecule has 6 heteroatoms. The van der Waals surface area contributed by atoms with E-state index in [1.807, 2.05) is 39.8 Å². The molecule has 152 valence electrons. The summed E-state index contributed by atoms with van der Waals surface area (Å²) in [7, 11) is 0. The number of esters is 2. The first kappa shape index (κ1) is 24.8. The van der Waals surface area contributed by atoms with Crippen molar-refractivity contribution in [2.75, 3.05) is 19.8 Å². The van der Waals surface area contributed by atoms with Gasteiger partial charge >= 0.3 is 11.9 Å². The predicted octanol–water partition coefficient (Wildman–Crippen LogP) is 3.54. The molecule has 27 heavy (non-hydrogen) atoms. The molecule has 3 unspecified atom stereocenters. The number of hydrogen-bond acceptors (Lipinski definition) is 6. The summed E-state index contributed by atoms with van der Waals surface area (Å²) < 4.78 is 21.5. The van der Waals surface area contributed by atoms with Crippen LogP contribution in [0.3, 0.4) is 0 Å². The van der Waals surface area contributed by atoms with Crippen LogP contribution in [-0.4, -0.2) is 50.1 Å². The van der Waals surface area contributed by atoms with E-state index in [1.165, 1.54) is 12.2 Å². The minimum absolute atomic E-state index is 0.165. The van der Waals surface area contributed by atoms with Crippen molar-refractivity contribution in [2.45, 2.75) is 52.9 Å². The van der Waals surface area contributed by atoms with Crippen LogP contribution in [0.15, 0.2) is 48.6 Å². The first-order valence-electron chi connectivity index (χ1n) is 9.08. The maximum atomic E-state index is 11.5. The van der Waals surface area contributed by atoms with E-state index in [2.05, 4.69) is 0 Å². The van der Waals surface area contributed by atoms with Crippen molar-refractivity contribution >= 4 is 11.9 Å². The maximum Gasteiger partial charge on any atom is 0.331 e. The third-order valence-electron chi connectivity index (χ3n) is 3.08. The molecule has 0 N–H and O–H groups in total. The molecule has 0 heterocycles. The van der Waals surface area contributed by atoms with Gasteiger partial charge in [-0.05, 0) is 34.6 Å². The Kier molecular flexibility index (Phi) is 14.7. The largest absolute Gasteiger partial charge is 0.460 e. The third-order valence-corrected chi connectivity index (χ3v) is 3.08. The number of rotatable bonds is 13. The maximum absolute atomic E-state index is 11.5. The molecular weight excluding hydrogens is 348 g/mol. The van der Waals surface area contributed by atoms with Crippen LogP contribution < -0.4 is 0 Å². The van der Waals surface area contributed by atoms with Crippen LogP contribution in [0, 0.1) is 0 Å². The molecule has 0 spiro atoms.